The Balaban J connectivity index is 1.99. The van der Waals surface area contributed by atoms with Crippen LogP contribution in [0.2, 0.25) is 5.02 Å². The minimum atomic E-state index is -0.0242. The van der Waals surface area contributed by atoms with E-state index < -0.39 is 0 Å². The molecule has 2 nitrogen and oxygen atoms in total. The predicted octanol–water partition coefficient (Wildman–Crippen LogP) is 3.37. The third kappa shape index (κ3) is 3.29. The molecule has 0 saturated heterocycles. The summed E-state index contributed by atoms with van der Waals surface area (Å²) in [5, 5.41) is 0.742. The Morgan fingerprint density at radius 3 is 2.71 bits per heavy atom. The highest BCUT2D eigenvalue weighted by Crippen LogP contribution is 2.24. The number of aryl methyl sites for hydroxylation is 1. The predicted molar refractivity (Wildman–Crippen MR) is 70.9 cm³/mol. The summed E-state index contributed by atoms with van der Waals surface area (Å²) in [7, 11) is 0. The molecule has 0 spiro atoms. The lowest BCUT2D eigenvalue weighted by molar-refractivity contribution is 0.650. The molecule has 1 aromatic carbocycles. The molecule has 17 heavy (non-hydrogen) atoms. The van der Waals surface area contributed by atoms with Crippen molar-refractivity contribution in [3.8, 4) is 0 Å². The van der Waals surface area contributed by atoms with Gasteiger partial charge in [0.2, 0.25) is 0 Å². The van der Waals surface area contributed by atoms with Crippen molar-refractivity contribution in [1.29, 1.82) is 0 Å². The fourth-order valence-electron chi connectivity index (χ4n) is 1.80. The quantitative estimate of drug-likeness (QED) is 0.898. The Morgan fingerprint density at radius 1 is 1.18 bits per heavy atom. The fourth-order valence-corrected chi connectivity index (χ4v) is 2.08. The van der Waals surface area contributed by atoms with Crippen LogP contribution in [0, 0.1) is 0 Å². The first-order valence-electron chi connectivity index (χ1n) is 5.66. The maximum Gasteiger partial charge on any atom is 0.0453 e. The van der Waals surface area contributed by atoms with Crippen molar-refractivity contribution in [2.75, 3.05) is 0 Å². The highest BCUT2D eigenvalue weighted by molar-refractivity contribution is 6.31. The Hall–Kier alpha value is -1.38. The average Bonchev–Trinajstić information content (AvgIpc) is 2.38. The molecule has 2 aromatic rings. The Morgan fingerprint density at radius 2 is 2.00 bits per heavy atom. The van der Waals surface area contributed by atoms with Gasteiger partial charge in [-0.05, 0) is 36.1 Å². The molecule has 0 amide bonds. The summed E-state index contributed by atoms with van der Waals surface area (Å²) in [4.78, 5) is 4.09. The van der Waals surface area contributed by atoms with Gasteiger partial charge in [-0.3, -0.25) is 4.98 Å². The number of nitrogens with two attached hydrogens (primary N) is 1. The van der Waals surface area contributed by atoms with Crippen LogP contribution in [0.3, 0.4) is 0 Å². The molecule has 1 atom stereocenters. The van der Waals surface area contributed by atoms with Gasteiger partial charge in [-0.2, -0.15) is 0 Å². The van der Waals surface area contributed by atoms with E-state index in [0.717, 1.165) is 23.4 Å². The van der Waals surface area contributed by atoms with Gasteiger partial charge in [0.05, 0.1) is 0 Å². The monoisotopic (exact) mass is 246 g/mol. The maximum atomic E-state index is 6.14. The standard InChI is InChI=1S/C14H15ClN2/c15-13-6-2-1-5-12(13)14(16)8-7-11-4-3-9-17-10-11/h1-6,9-10,14H,7-8,16H2. The molecule has 0 aliphatic carbocycles. The van der Waals surface area contributed by atoms with Crippen LogP contribution >= 0.6 is 11.6 Å². The zero-order valence-electron chi connectivity index (χ0n) is 9.51. The average molecular weight is 247 g/mol. The van der Waals surface area contributed by atoms with Crippen LogP contribution in [0.1, 0.15) is 23.6 Å². The van der Waals surface area contributed by atoms with Crippen molar-refractivity contribution in [2.45, 2.75) is 18.9 Å². The summed E-state index contributed by atoms with van der Waals surface area (Å²) in [6.07, 6.45) is 5.44. The van der Waals surface area contributed by atoms with E-state index in [0.29, 0.717) is 0 Å². The zero-order chi connectivity index (χ0) is 12.1. The minimum absolute atomic E-state index is 0.0242. The van der Waals surface area contributed by atoms with Crippen molar-refractivity contribution in [1.82, 2.24) is 4.98 Å². The summed E-state index contributed by atoms with van der Waals surface area (Å²) >= 11 is 6.11. The van der Waals surface area contributed by atoms with E-state index in [-0.39, 0.29) is 6.04 Å². The molecule has 2 N–H and O–H groups in total. The molecular weight excluding hydrogens is 232 g/mol. The summed E-state index contributed by atoms with van der Waals surface area (Å²) in [6.45, 7) is 0. The second-order valence-corrected chi connectivity index (χ2v) is 4.44. The highest BCUT2D eigenvalue weighted by Gasteiger charge is 2.09. The van der Waals surface area contributed by atoms with Gasteiger partial charge < -0.3 is 5.73 Å². The number of benzene rings is 1. The summed E-state index contributed by atoms with van der Waals surface area (Å²) < 4.78 is 0. The number of aromatic nitrogens is 1. The Labute approximate surface area is 106 Å². The molecule has 0 bridgehead atoms. The Bertz CT molecular complexity index is 471. The van der Waals surface area contributed by atoms with E-state index in [1.54, 1.807) is 6.20 Å². The fraction of sp³-hybridized carbons (Fsp3) is 0.214. The molecule has 0 aliphatic heterocycles. The molecule has 1 aromatic heterocycles. The molecule has 0 fully saturated rings. The lowest BCUT2D eigenvalue weighted by Gasteiger charge is -2.13. The molecule has 0 radical (unpaired) electrons. The van der Waals surface area contributed by atoms with Gasteiger partial charge in [-0.1, -0.05) is 35.9 Å². The molecule has 0 saturated carbocycles. The first-order chi connectivity index (χ1) is 8.27. The van der Waals surface area contributed by atoms with Crippen molar-refractivity contribution in [2.24, 2.45) is 5.73 Å². The molecular formula is C14H15ClN2. The smallest absolute Gasteiger partial charge is 0.0453 e. The van der Waals surface area contributed by atoms with Gasteiger partial charge in [0.1, 0.15) is 0 Å². The van der Waals surface area contributed by atoms with Crippen LogP contribution in [0.25, 0.3) is 0 Å². The molecule has 2 rings (SSSR count). The van der Waals surface area contributed by atoms with Gasteiger partial charge in [0, 0.05) is 23.5 Å². The van der Waals surface area contributed by atoms with Crippen molar-refractivity contribution >= 4 is 11.6 Å². The van der Waals surface area contributed by atoms with Crippen LogP contribution in [-0.4, -0.2) is 4.98 Å². The van der Waals surface area contributed by atoms with Crippen LogP contribution < -0.4 is 5.73 Å². The normalized spacial score (nSPS) is 12.4. The lowest BCUT2D eigenvalue weighted by atomic mass is 10.0. The van der Waals surface area contributed by atoms with Crippen molar-refractivity contribution in [3.63, 3.8) is 0 Å². The van der Waals surface area contributed by atoms with E-state index in [2.05, 4.69) is 11.1 Å². The van der Waals surface area contributed by atoms with Crippen molar-refractivity contribution < 1.29 is 0 Å². The Kier molecular flexibility index (Phi) is 4.13. The molecule has 1 heterocycles. The second kappa shape index (κ2) is 5.80. The van der Waals surface area contributed by atoms with E-state index >= 15 is 0 Å². The van der Waals surface area contributed by atoms with Crippen LogP contribution in [0.4, 0.5) is 0 Å². The van der Waals surface area contributed by atoms with Crippen LogP contribution in [0.15, 0.2) is 48.8 Å². The van der Waals surface area contributed by atoms with Gasteiger partial charge >= 0.3 is 0 Å². The van der Waals surface area contributed by atoms with Crippen LogP contribution in [-0.2, 0) is 6.42 Å². The van der Waals surface area contributed by atoms with E-state index in [1.165, 1.54) is 5.56 Å². The number of halogens is 1. The largest absolute Gasteiger partial charge is 0.324 e. The number of hydrogen-bond donors (Lipinski definition) is 1. The number of nitrogens with zero attached hydrogens (tertiary/aromatic N) is 1. The van der Waals surface area contributed by atoms with Crippen molar-refractivity contribution in [3.05, 3.63) is 64.9 Å². The summed E-state index contributed by atoms with van der Waals surface area (Å²) in [5.74, 6) is 0. The zero-order valence-corrected chi connectivity index (χ0v) is 10.3. The molecule has 88 valence electrons. The number of hydrogen-bond acceptors (Lipinski definition) is 2. The van der Waals surface area contributed by atoms with E-state index in [4.69, 9.17) is 17.3 Å². The third-order valence-electron chi connectivity index (χ3n) is 2.77. The summed E-state index contributed by atoms with van der Waals surface area (Å²) in [6, 6.07) is 11.7. The minimum Gasteiger partial charge on any atom is -0.324 e. The van der Waals surface area contributed by atoms with Gasteiger partial charge in [0.15, 0.2) is 0 Å². The first kappa shape index (κ1) is 12.1. The lowest BCUT2D eigenvalue weighted by Crippen LogP contribution is -2.11. The summed E-state index contributed by atoms with van der Waals surface area (Å²) in [5.41, 5.74) is 8.35. The van der Waals surface area contributed by atoms with E-state index in [9.17, 15) is 0 Å². The second-order valence-electron chi connectivity index (χ2n) is 4.03. The van der Waals surface area contributed by atoms with Gasteiger partial charge in [0.25, 0.3) is 0 Å². The van der Waals surface area contributed by atoms with Gasteiger partial charge in [-0.15, -0.1) is 0 Å². The highest BCUT2D eigenvalue weighted by atomic mass is 35.5. The third-order valence-corrected chi connectivity index (χ3v) is 3.12. The van der Waals surface area contributed by atoms with Gasteiger partial charge in [-0.25, -0.2) is 0 Å². The topological polar surface area (TPSA) is 38.9 Å². The number of pyridine rings is 1. The maximum absolute atomic E-state index is 6.14. The SMILES string of the molecule is NC(CCc1cccnc1)c1ccccc1Cl. The van der Waals surface area contributed by atoms with E-state index in [1.807, 2.05) is 36.5 Å². The molecule has 0 aliphatic rings. The number of rotatable bonds is 4. The molecule has 1 unspecified atom stereocenters. The molecule has 3 heteroatoms. The van der Waals surface area contributed by atoms with Crippen LogP contribution in [0.5, 0.6) is 0 Å². The first-order valence-corrected chi connectivity index (χ1v) is 6.04.